The van der Waals surface area contributed by atoms with Crippen LogP contribution in [0.15, 0.2) is 30.4 Å². The van der Waals surface area contributed by atoms with Crippen LogP contribution in [-0.4, -0.2) is 41.2 Å². The van der Waals surface area contributed by atoms with Crippen LogP contribution in [0.25, 0.3) is 0 Å². The van der Waals surface area contributed by atoms with Crippen molar-refractivity contribution in [3.8, 4) is 0 Å². The van der Waals surface area contributed by atoms with E-state index in [-0.39, 0.29) is 11.8 Å². The molecule has 3 amide bonds. The molecule has 0 radical (unpaired) electrons. The normalized spacial score (nSPS) is 22.0. The molecule has 2 aliphatic rings. The number of fused-ring (bicyclic) bond motifs is 1. The van der Waals surface area contributed by atoms with Crippen LogP contribution in [0.1, 0.15) is 25.3 Å². The molecule has 1 saturated heterocycles. The number of hydrogen-bond acceptors (Lipinski definition) is 5. The maximum Gasteiger partial charge on any atom is 0.326 e. The zero-order valence-corrected chi connectivity index (χ0v) is 16.4. The Kier molecular flexibility index (Phi) is 5.84. The number of benzene rings is 1. The summed E-state index contributed by atoms with van der Waals surface area (Å²) in [5.41, 5.74) is 1.21. The van der Waals surface area contributed by atoms with E-state index in [9.17, 15) is 19.2 Å². The van der Waals surface area contributed by atoms with E-state index >= 15 is 0 Å². The highest BCUT2D eigenvalue weighted by molar-refractivity contribution is 6.31. The van der Waals surface area contributed by atoms with Crippen molar-refractivity contribution >= 4 is 41.0 Å². The summed E-state index contributed by atoms with van der Waals surface area (Å²) in [7, 11) is 0. The minimum Gasteiger partial charge on any atom is -0.451 e. The molecule has 1 fully saturated rings. The molecule has 148 valence electrons. The number of anilines is 1. The highest BCUT2D eigenvalue weighted by Crippen LogP contribution is 2.34. The lowest BCUT2D eigenvalue weighted by Crippen LogP contribution is -2.39. The predicted molar refractivity (Wildman–Crippen MR) is 102 cm³/mol. The zero-order chi connectivity index (χ0) is 20.4. The molecule has 0 bridgehead atoms. The molecule has 0 saturated carbocycles. The number of halogens is 1. The summed E-state index contributed by atoms with van der Waals surface area (Å²) in [6.07, 6.45) is 3.65. The van der Waals surface area contributed by atoms with Crippen molar-refractivity contribution < 1.29 is 23.9 Å². The zero-order valence-electron chi connectivity index (χ0n) is 15.6. The fourth-order valence-corrected chi connectivity index (χ4v) is 3.59. The molecule has 1 N–H and O–H groups in total. The first-order valence-electron chi connectivity index (χ1n) is 9.05. The highest BCUT2D eigenvalue weighted by Gasteiger charge is 2.47. The number of allylic oxidation sites excluding steroid dienone is 2. The quantitative estimate of drug-likeness (QED) is 0.462. The summed E-state index contributed by atoms with van der Waals surface area (Å²) >= 11 is 6.03. The third-order valence-corrected chi connectivity index (χ3v) is 5.50. The Balaban J connectivity index is 1.57. The van der Waals surface area contributed by atoms with Crippen LogP contribution in [0.2, 0.25) is 5.02 Å². The monoisotopic (exact) mass is 404 g/mol. The summed E-state index contributed by atoms with van der Waals surface area (Å²) in [6, 6.07) is 5.08. The van der Waals surface area contributed by atoms with E-state index in [1.54, 1.807) is 25.1 Å². The molecule has 0 unspecified atom stereocenters. The topological polar surface area (TPSA) is 92.8 Å². The molecule has 1 aromatic rings. The van der Waals surface area contributed by atoms with E-state index in [4.69, 9.17) is 16.3 Å². The van der Waals surface area contributed by atoms with Crippen molar-refractivity contribution in [2.45, 2.75) is 32.8 Å². The van der Waals surface area contributed by atoms with Crippen molar-refractivity contribution in [1.29, 1.82) is 0 Å². The van der Waals surface area contributed by atoms with Crippen LogP contribution in [-0.2, 0) is 23.9 Å². The number of imide groups is 1. The lowest BCUT2D eigenvalue weighted by molar-refractivity contribution is -0.158. The van der Waals surface area contributed by atoms with Gasteiger partial charge in [0.2, 0.25) is 11.8 Å². The molecule has 1 aliphatic carbocycles. The van der Waals surface area contributed by atoms with Crippen molar-refractivity contribution in [1.82, 2.24) is 4.90 Å². The van der Waals surface area contributed by atoms with E-state index in [1.165, 1.54) is 6.92 Å². The third-order valence-electron chi connectivity index (χ3n) is 5.09. The van der Waals surface area contributed by atoms with Crippen molar-refractivity contribution in [2.24, 2.45) is 11.8 Å². The minimum atomic E-state index is -1.09. The Morgan fingerprint density at radius 1 is 1.21 bits per heavy atom. The smallest absolute Gasteiger partial charge is 0.326 e. The average Bonchev–Trinajstić information content (AvgIpc) is 2.90. The summed E-state index contributed by atoms with van der Waals surface area (Å²) in [4.78, 5) is 50.2. The van der Waals surface area contributed by atoms with Gasteiger partial charge in [0.05, 0.1) is 11.8 Å². The number of hydrogen-bond donors (Lipinski definition) is 1. The second kappa shape index (κ2) is 8.14. The van der Waals surface area contributed by atoms with Crippen LogP contribution >= 0.6 is 11.6 Å². The fraction of sp³-hybridized carbons (Fsp3) is 0.400. The number of ether oxygens (including phenoxy) is 1. The van der Waals surface area contributed by atoms with Gasteiger partial charge in [-0.3, -0.25) is 24.1 Å². The number of carbonyl (C=O) groups excluding carboxylic acids is 4. The Morgan fingerprint density at radius 3 is 2.43 bits per heavy atom. The SMILES string of the molecule is Cc1c(Cl)cccc1NC(=O)[C@H](C)OC(=O)CN1C(=O)[C@H]2CC=CC[C@@H]2C1=O. The fourth-order valence-electron chi connectivity index (χ4n) is 3.42. The van der Waals surface area contributed by atoms with Gasteiger partial charge in [-0.05, 0) is 44.4 Å². The summed E-state index contributed by atoms with van der Waals surface area (Å²) in [5, 5.41) is 3.16. The van der Waals surface area contributed by atoms with E-state index < -0.39 is 36.4 Å². The second-order valence-electron chi connectivity index (χ2n) is 6.95. The number of amides is 3. The van der Waals surface area contributed by atoms with Crippen LogP contribution < -0.4 is 5.32 Å². The molecule has 3 rings (SSSR count). The molecule has 3 atom stereocenters. The van der Waals surface area contributed by atoms with Gasteiger partial charge in [0.25, 0.3) is 5.91 Å². The van der Waals surface area contributed by atoms with Crippen LogP contribution in [0.5, 0.6) is 0 Å². The van der Waals surface area contributed by atoms with Gasteiger partial charge in [-0.2, -0.15) is 0 Å². The van der Waals surface area contributed by atoms with Crippen LogP contribution in [0.3, 0.4) is 0 Å². The van der Waals surface area contributed by atoms with Gasteiger partial charge in [0.1, 0.15) is 6.54 Å². The number of nitrogens with one attached hydrogen (secondary N) is 1. The van der Waals surface area contributed by atoms with Gasteiger partial charge in [-0.15, -0.1) is 0 Å². The van der Waals surface area contributed by atoms with Crippen LogP contribution in [0.4, 0.5) is 5.69 Å². The van der Waals surface area contributed by atoms with Crippen molar-refractivity contribution in [3.63, 3.8) is 0 Å². The molecule has 1 aromatic carbocycles. The molecule has 1 heterocycles. The first kappa shape index (κ1) is 20.1. The van der Waals surface area contributed by atoms with Crippen molar-refractivity contribution in [3.05, 3.63) is 40.9 Å². The standard InChI is InChI=1S/C20H21ClN2O5/c1-11-15(21)8-5-9-16(11)22-18(25)12(2)28-17(24)10-23-19(26)13-6-3-4-7-14(13)20(23)27/h3-5,8-9,12-14H,6-7,10H2,1-2H3,(H,22,25)/t12-,13-,14-/m0/s1. The van der Waals surface area contributed by atoms with Gasteiger partial charge < -0.3 is 10.1 Å². The molecule has 0 spiro atoms. The first-order chi connectivity index (χ1) is 13.3. The lowest BCUT2D eigenvalue weighted by atomic mass is 9.85. The Bertz CT molecular complexity index is 840. The van der Waals surface area contributed by atoms with Gasteiger partial charge in [0, 0.05) is 10.7 Å². The van der Waals surface area contributed by atoms with E-state index in [2.05, 4.69) is 5.32 Å². The maximum absolute atomic E-state index is 12.4. The number of rotatable bonds is 5. The molecule has 8 heteroatoms. The van der Waals surface area contributed by atoms with Gasteiger partial charge in [-0.25, -0.2) is 0 Å². The Hall–Kier alpha value is -2.67. The predicted octanol–water partition coefficient (Wildman–Crippen LogP) is 2.47. The number of esters is 1. The summed E-state index contributed by atoms with van der Waals surface area (Å²) in [5.74, 6) is -2.87. The maximum atomic E-state index is 12.4. The molecular formula is C20H21ClN2O5. The number of likely N-dealkylation sites (tertiary alicyclic amines) is 1. The van der Waals surface area contributed by atoms with E-state index in [0.29, 0.717) is 29.1 Å². The van der Waals surface area contributed by atoms with Gasteiger partial charge >= 0.3 is 5.97 Å². The van der Waals surface area contributed by atoms with Crippen molar-refractivity contribution in [2.75, 3.05) is 11.9 Å². The highest BCUT2D eigenvalue weighted by atomic mass is 35.5. The molecule has 28 heavy (non-hydrogen) atoms. The van der Waals surface area contributed by atoms with Gasteiger partial charge in [-0.1, -0.05) is 29.8 Å². The Labute approximate surface area is 167 Å². The largest absolute Gasteiger partial charge is 0.451 e. The third kappa shape index (κ3) is 3.94. The van der Waals surface area contributed by atoms with E-state index in [0.717, 1.165) is 4.90 Å². The number of carbonyl (C=O) groups is 4. The first-order valence-corrected chi connectivity index (χ1v) is 9.43. The second-order valence-corrected chi connectivity index (χ2v) is 7.36. The lowest BCUT2D eigenvalue weighted by Gasteiger charge is -2.18. The summed E-state index contributed by atoms with van der Waals surface area (Å²) in [6.45, 7) is 2.69. The van der Waals surface area contributed by atoms with E-state index in [1.807, 2.05) is 12.2 Å². The number of nitrogens with zero attached hydrogens (tertiary/aromatic N) is 1. The average molecular weight is 405 g/mol. The Morgan fingerprint density at radius 2 is 1.82 bits per heavy atom. The summed E-state index contributed by atoms with van der Waals surface area (Å²) < 4.78 is 5.12. The molecule has 0 aromatic heterocycles. The molecule has 7 nitrogen and oxygen atoms in total. The molecule has 1 aliphatic heterocycles. The van der Waals surface area contributed by atoms with Gasteiger partial charge in [0.15, 0.2) is 6.10 Å². The van der Waals surface area contributed by atoms with Crippen LogP contribution in [0, 0.1) is 18.8 Å². The minimum absolute atomic E-state index is 0.358. The molecular weight excluding hydrogens is 384 g/mol.